The predicted octanol–water partition coefficient (Wildman–Crippen LogP) is 1.50. The molecule has 0 aliphatic heterocycles. The van der Waals surface area contributed by atoms with E-state index in [1.54, 1.807) is 6.92 Å². The van der Waals surface area contributed by atoms with Crippen LogP contribution in [0.3, 0.4) is 0 Å². The van der Waals surface area contributed by atoms with Crippen molar-refractivity contribution in [1.82, 2.24) is 0 Å². The van der Waals surface area contributed by atoms with Gasteiger partial charge in [-0.2, -0.15) is 0 Å². The zero-order valence-electron chi connectivity index (χ0n) is 7.44. The van der Waals surface area contributed by atoms with Gasteiger partial charge in [0.15, 0.2) is 0 Å². The molecule has 0 N–H and O–H groups in total. The van der Waals surface area contributed by atoms with Crippen molar-refractivity contribution in [1.29, 1.82) is 0 Å². The van der Waals surface area contributed by atoms with Crippen molar-refractivity contribution >= 4 is 24.4 Å². The van der Waals surface area contributed by atoms with Crippen LogP contribution in [-0.2, 0) is 30.2 Å². The Morgan fingerprint density at radius 2 is 1.75 bits per heavy atom. The minimum atomic E-state index is -2.64. The smallest absolute Gasteiger partial charge is 0.381 e. The minimum absolute atomic E-state index is 0.282. The highest BCUT2D eigenvalue weighted by atomic mass is 32.5. The molecule has 12 heavy (non-hydrogen) atoms. The van der Waals surface area contributed by atoms with Gasteiger partial charge in [-0.05, 0) is 0 Å². The summed E-state index contributed by atoms with van der Waals surface area (Å²) in [5.41, 5.74) is 0. The van der Waals surface area contributed by atoms with Gasteiger partial charge in [0.1, 0.15) is 7.11 Å². The molecule has 0 aliphatic rings. The Morgan fingerprint density at radius 1 is 1.25 bits per heavy atom. The normalized spacial score (nSPS) is 12.8. The summed E-state index contributed by atoms with van der Waals surface area (Å²) >= 11 is 4.90. The molecule has 72 valence electrons. The second-order valence-corrected chi connectivity index (χ2v) is 4.85. The number of nitrogens with zero attached hydrogens (tertiary/aromatic N) is 1. The molecule has 0 atom stereocenters. The van der Waals surface area contributed by atoms with E-state index in [0.717, 1.165) is 0 Å². The van der Waals surface area contributed by atoms with Crippen LogP contribution in [0.5, 0.6) is 0 Å². The molecule has 0 aromatic heterocycles. The maximum atomic E-state index is 5.08. The quantitative estimate of drug-likeness (QED) is 0.306. The van der Waals surface area contributed by atoms with Gasteiger partial charge in [0, 0.05) is 33.0 Å². The molecule has 0 heterocycles. The van der Waals surface area contributed by atoms with E-state index in [4.69, 9.17) is 25.4 Å². The fourth-order valence-corrected chi connectivity index (χ4v) is 1.43. The Morgan fingerprint density at radius 3 is 2.08 bits per heavy atom. The summed E-state index contributed by atoms with van der Waals surface area (Å²) in [5.74, 6) is 0.282. The topological polar surface area (TPSA) is 49.3 Å². The molecule has 0 unspecified atom stereocenters. The van der Waals surface area contributed by atoms with Gasteiger partial charge in [-0.25, -0.2) is 0 Å². The van der Waals surface area contributed by atoms with Crippen molar-refractivity contribution < 1.29 is 18.4 Å². The van der Waals surface area contributed by atoms with E-state index >= 15 is 0 Å². The molecule has 0 aliphatic carbocycles. The Balaban J connectivity index is 4.22. The van der Waals surface area contributed by atoms with Crippen LogP contribution in [-0.4, -0.2) is 27.2 Å². The average Bonchev–Trinajstić information content (AvgIpc) is 2.05. The summed E-state index contributed by atoms with van der Waals surface area (Å²) in [4.78, 5) is 4.46. The van der Waals surface area contributed by atoms with E-state index in [-0.39, 0.29) is 5.90 Å². The Labute approximate surface area is 76.9 Å². The van der Waals surface area contributed by atoms with Crippen molar-refractivity contribution in [3.63, 3.8) is 0 Å². The average molecular weight is 213 g/mol. The van der Waals surface area contributed by atoms with E-state index in [1.165, 1.54) is 21.3 Å². The van der Waals surface area contributed by atoms with Gasteiger partial charge in [-0.1, -0.05) is 5.16 Å². The first-order chi connectivity index (χ1) is 5.58. The van der Waals surface area contributed by atoms with Crippen LogP contribution < -0.4 is 0 Å². The van der Waals surface area contributed by atoms with Crippen molar-refractivity contribution in [2.24, 2.45) is 5.16 Å². The third-order valence-corrected chi connectivity index (χ3v) is 3.41. The van der Waals surface area contributed by atoms with Gasteiger partial charge in [-0.3, -0.25) is 0 Å². The lowest BCUT2D eigenvalue weighted by Gasteiger charge is -2.16. The molecule has 0 radical (unpaired) electrons. The zero-order chi connectivity index (χ0) is 9.61. The second-order valence-electron chi connectivity index (χ2n) is 1.70. The van der Waals surface area contributed by atoms with Crippen LogP contribution >= 0.6 is 6.72 Å². The molecular formula is C5H12NO4PS. The molecule has 5 nitrogen and oxygen atoms in total. The van der Waals surface area contributed by atoms with E-state index in [2.05, 4.69) is 9.99 Å². The van der Waals surface area contributed by atoms with Gasteiger partial charge < -0.3 is 18.4 Å². The summed E-state index contributed by atoms with van der Waals surface area (Å²) in [7, 11) is 4.25. The van der Waals surface area contributed by atoms with Crippen molar-refractivity contribution in [3.05, 3.63) is 0 Å². The largest absolute Gasteiger partial charge is 0.407 e. The van der Waals surface area contributed by atoms with Gasteiger partial charge in [0.25, 0.3) is 0 Å². The lowest BCUT2D eigenvalue weighted by molar-refractivity contribution is 0.199. The fraction of sp³-hybridized carbons (Fsp3) is 0.800. The monoisotopic (exact) mass is 213 g/mol. The van der Waals surface area contributed by atoms with Crippen molar-refractivity contribution in [3.8, 4) is 0 Å². The second kappa shape index (κ2) is 5.48. The highest BCUT2D eigenvalue weighted by Crippen LogP contribution is 2.48. The van der Waals surface area contributed by atoms with Crippen LogP contribution in [0, 0.1) is 0 Å². The van der Waals surface area contributed by atoms with Gasteiger partial charge >= 0.3 is 6.72 Å². The molecule has 0 rings (SSSR count). The van der Waals surface area contributed by atoms with E-state index < -0.39 is 6.72 Å². The Kier molecular flexibility index (Phi) is 5.41. The molecular weight excluding hydrogens is 201 g/mol. The maximum absolute atomic E-state index is 5.08. The van der Waals surface area contributed by atoms with Crippen molar-refractivity contribution in [2.45, 2.75) is 6.92 Å². The first-order valence-corrected chi connectivity index (χ1v) is 5.62. The Hall–Kier alpha value is -0.160. The number of rotatable bonds is 4. The lowest BCUT2D eigenvalue weighted by Crippen LogP contribution is -2.00. The standard InChI is InChI=1S/C5H12NO4PS/c1-5(6-7-2)10-11(12,8-3)9-4/h1-4H3. The first kappa shape index (κ1) is 11.8. The number of oxime groups is 1. The first-order valence-electron chi connectivity index (χ1n) is 3.07. The summed E-state index contributed by atoms with van der Waals surface area (Å²) in [6.45, 7) is -1.04. The molecule has 0 aromatic carbocycles. The number of hydrogen-bond donors (Lipinski definition) is 0. The van der Waals surface area contributed by atoms with Crippen LogP contribution in [0.15, 0.2) is 5.16 Å². The zero-order valence-corrected chi connectivity index (χ0v) is 9.15. The van der Waals surface area contributed by atoms with E-state index in [1.807, 2.05) is 0 Å². The van der Waals surface area contributed by atoms with Crippen LogP contribution in [0.25, 0.3) is 0 Å². The third-order valence-electron chi connectivity index (χ3n) is 0.911. The molecule has 0 saturated heterocycles. The lowest BCUT2D eigenvalue weighted by atomic mass is 10.8. The summed E-state index contributed by atoms with van der Waals surface area (Å²) in [6, 6.07) is 0. The van der Waals surface area contributed by atoms with Crippen LogP contribution in [0.1, 0.15) is 6.92 Å². The van der Waals surface area contributed by atoms with Gasteiger partial charge in [-0.15, -0.1) is 0 Å². The van der Waals surface area contributed by atoms with E-state index in [0.29, 0.717) is 0 Å². The maximum Gasteiger partial charge on any atom is 0.381 e. The molecule has 0 bridgehead atoms. The molecule has 0 fully saturated rings. The van der Waals surface area contributed by atoms with Crippen molar-refractivity contribution in [2.75, 3.05) is 21.3 Å². The van der Waals surface area contributed by atoms with Crippen LogP contribution in [0.4, 0.5) is 0 Å². The summed E-state index contributed by atoms with van der Waals surface area (Å²) in [6.07, 6.45) is 0. The Bertz CT molecular complexity index is 200. The number of hydrogen-bond acceptors (Lipinski definition) is 6. The molecule has 7 heteroatoms. The fourth-order valence-electron chi connectivity index (χ4n) is 0.456. The van der Waals surface area contributed by atoms with Gasteiger partial charge in [0.05, 0.1) is 0 Å². The highest BCUT2D eigenvalue weighted by molar-refractivity contribution is 8.07. The predicted molar refractivity (Wildman–Crippen MR) is 49.5 cm³/mol. The summed E-state index contributed by atoms with van der Waals surface area (Å²) < 4.78 is 14.8. The van der Waals surface area contributed by atoms with E-state index in [9.17, 15) is 0 Å². The molecule has 0 saturated carbocycles. The molecule has 0 aromatic rings. The molecule has 0 amide bonds. The third kappa shape index (κ3) is 4.01. The SMILES string of the molecule is CON=C(C)OP(=S)(OC)OC. The summed E-state index contributed by atoms with van der Waals surface area (Å²) in [5, 5.41) is 3.50. The molecule has 0 spiro atoms. The van der Waals surface area contributed by atoms with Gasteiger partial charge in [0.2, 0.25) is 5.90 Å². The van der Waals surface area contributed by atoms with Crippen LogP contribution in [0.2, 0.25) is 0 Å². The highest BCUT2D eigenvalue weighted by Gasteiger charge is 2.18. The minimum Gasteiger partial charge on any atom is -0.407 e.